The monoisotopic (exact) mass is 431 g/mol. The molecule has 2 N–H and O–H groups in total. The van der Waals surface area contributed by atoms with Gasteiger partial charge < -0.3 is 20.1 Å². The molecule has 162 valence electrons. The van der Waals surface area contributed by atoms with Crippen LogP contribution in [0.25, 0.3) is 10.9 Å². The second-order valence-corrected chi connectivity index (χ2v) is 7.25. The standard InChI is InChI=1S/C21H20F3N5O2/c22-21(23,24)15-2-5-18(26-12-15)28-7-9-29(10-8-28)20(31)13-25-16-3-4-17-14(11-16)1-6-19(30)27-17/h1-6,11-12,25H,7-10,13H2,(H,27,30). The highest BCUT2D eigenvalue weighted by Gasteiger charge is 2.31. The molecule has 0 saturated carbocycles. The molecule has 2 aromatic heterocycles. The molecular weight excluding hydrogens is 411 g/mol. The minimum Gasteiger partial charge on any atom is -0.376 e. The maximum Gasteiger partial charge on any atom is 0.417 e. The number of halogens is 3. The number of fused-ring (bicyclic) bond motifs is 1. The number of piperazine rings is 1. The van der Waals surface area contributed by atoms with Crippen LogP contribution in [0.4, 0.5) is 24.7 Å². The van der Waals surface area contributed by atoms with Crippen LogP contribution in [-0.4, -0.2) is 53.5 Å². The average molecular weight is 431 g/mol. The Morgan fingerprint density at radius 2 is 1.84 bits per heavy atom. The van der Waals surface area contributed by atoms with Crippen molar-refractivity contribution in [3.63, 3.8) is 0 Å². The highest BCUT2D eigenvalue weighted by molar-refractivity contribution is 5.85. The van der Waals surface area contributed by atoms with Crippen molar-refractivity contribution in [3.05, 3.63) is 64.6 Å². The lowest BCUT2D eigenvalue weighted by Gasteiger charge is -2.35. The van der Waals surface area contributed by atoms with Gasteiger partial charge in [-0.1, -0.05) is 0 Å². The van der Waals surface area contributed by atoms with E-state index in [-0.39, 0.29) is 18.0 Å². The number of nitrogens with one attached hydrogen (secondary N) is 2. The zero-order valence-corrected chi connectivity index (χ0v) is 16.4. The number of benzene rings is 1. The van der Waals surface area contributed by atoms with Crippen LogP contribution < -0.4 is 15.8 Å². The van der Waals surface area contributed by atoms with E-state index in [2.05, 4.69) is 15.3 Å². The molecule has 1 aliphatic rings. The summed E-state index contributed by atoms with van der Waals surface area (Å²) in [6.45, 7) is 2.03. The fourth-order valence-electron chi connectivity index (χ4n) is 3.48. The number of rotatable bonds is 4. The molecule has 1 aliphatic heterocycles. The Hall–Kier alpha value is -3.56. The predicted octanol–water partition coefficient (Wildman–Crippen LogP) is 2.70. The van der Waals surface area contributed by atoms with Crippen molar-refractivity contribution >= 4 is 28.3 Å². The first-order valence-corrected chi connectivity index (χ1v) is 9.72. The van der Waals surface area contributed by atoms with Gasteiger partial charge in [0.2, 0.25) is 11.5 Å². The van der Waals surface area contributed by atoms with E-state index in [1.165, 1.54) is 12.1 Å². The number of carbonyl (C=O) groups excluding carboxylic acids is 1. The molecule has 3 aromatic rings. The lowest BCUT2D eigenvalue weighted by Crippen LogP contribution is -2.50. The van der Waals surface area contributed by atoms with E-state index < -0.39 is 11.7 Å². The Labute approximate surface area is 175 Å². The minimum atomic E-state index is -4.41. The zero-order chi connectivity index (χ0) is 22.0. The Morgan fingerprint density at radius 3 is 2.52 bits per heavy atom. The lowest BCUT2D eigenvalue weighted by molar-refractivity contribution is -0.137. The van der Waals surface area contributed by atoms with Crippen LogP contribution in [0.3, 0.4) is 0 Å². The SMILES string of the molecule is O=C(CNc1ccc2[nH]c(=O)ccc2c1)N1CCN(c2ccc(C(F)(F)F)cn2)CC1. The minimum absolute atomic E-state index is 0.0680. The number of pyridine rings is 2. The third-order valence-electron chi connectivity index (χ3n) is 5.20. The van der Waals surface area contributed by atoms with Crippen LogP contribution in [0.1, 0.15) is 5.56 Å². The van der Waals surface area contributed by atoms with Gasteiger partial charge in [-0.3, -0.25) is 9.59 Å². The van der Waals surface area contributed by atoms with E-state index in [4.69, 9.17) is 0 Å². The van der Waals surface area contributed by atoms with E-state index >= 15 is 0 Å². The molecule has 0 unspecified atom stereocenters. The largest absolute Gasteiger partial charge is 0.417 e. The first-order valence-electron chi connectivity index (χ1n) is 9.72. The van der Waals surface area contributed by atoms with E-state index in [1.54, 1.807) is 23.1 Å². The van der Waals surface area contributed by atoms with Gasteiger partial charge in [0.1, 0.15) is 5.82 Å². The van der Waals surface area contributed by atoms with Crippen LogP contribution in [0.15, 0.2) is 53.5 Å². The Kier molecular flexibility index (Phi) is 5.53. The second-order valence-electron chi connectivity index (χ2n) is 7.25. The molecule has 4 rings (SSSR count). The highest BCUT2D eigenvalue weighted by atomic mass is 19.4. The number of amides is 1. The van der Waals surface area contributed by atoms with Gasteiger partial charge in [-0.25, -0.2) is 4.98 Å². The van der Waals surface area contributed by atoms with Crippen molar-refractivity contribution in [2.45, 2.75) is 6.18 Å². The molecule has 1 amide bonds. The van der Waals surface area contributed by atoms with Crippen molar-refractivity contribution in [3.8, 4) is 0 Å². The van der Waals surface area contributed by atoms with Gasteiger partial charge in [-0.05, 0) is 36.4 Å². The number of H-pyrrole nitrogens is 1. The van der Waals surface area contributed by atoms with E-state index in [1.807, 2.05) is 11.0 Å². The molecule has 3 heterocycles. The number of aromatic nitrogens is 2. The molecule has 31 heavy (non-hydrogen) atoms. The number of hydrogen-bond donors (Lipinski definition) is 2. The van der Waals surface area contributed by atoms with Gasteiger partial charge >= 0.3 is 6.18 Å². The molecule has 0 bridgehead atoms. The molecule has 0 atom stereocenters. The highest BCUT2D eigenvalue weighted by Crippen LogP contribution is 2.29. The van der Waals surface area contributed by atoms with Gasteiger partial charge in [0.05, 0.1) is 12.1 Å². The lowest BCUT2D eigenvalue weighted by atomic mass is 10.2. The van der Waals surface area contributed by atoms with Gasteiger partial charge in [0, 0.05) is 55.0 Å². The molecule has 1 fully saturated rings. The predicted molar refractivity (Wildman–Crippen MR) is 111 cm³/mol. The maximum atomic E-state index is 12.7. The van der Waals surface area contributed by atoms with Crippen LogP contribution in [0.5, 0.6) is 0 Å². The summed E-state index contributed by atoms with van der Waals surface area (Å²) in [5, 5.41) is 3.95. The average Bonchev–Trinajstić information content (AvgIpc) is 2.77. The summed E-state index contributed by atoms with van der Waals surface area (Å²) < 4.78 is 38.0. The molecule has 0 aliphatic carbocycles. The fourth-order valence-corrected chi connectivity index (χ4v) is 3.48. The summed E-state index contributed by atoms with van der Waals surface area (Å²) in [5.41, 5.74) is 0.531. The third-order valence-corrected chi connectivity index (χ3v) is 5.20. The number of carbonyl (C=O) groups is 1. The fraction of sp³-hybridized carbons (Fsp3) is 0.286. The molecule has 1 aromatic carbocycles. The van der Waals surface area contributed by atoms with Gasteiger partial charge in [-0.15, -0.1) is 0 Å². The number of nitrogens with zero attached hydrogens (tertiary/aromatic N) is 3. The summed E-state index contributed by atoms with van der Waals surface area (Å²) in [6, 6.07) is 11.0. The Bertz CT molecular complexity index is 1140. The zero-order valence-electron chi connectivity index (χ0n) is 16.4. The molecule has 7 nitrogen and oxygen atoms in total. The summed E-state index contributed by atoms with van der Waals surface area (Å²) in [6.07, 6.45) is -3.58. The maximum absolute atomic E-state index is 12.7. The van der Waals surface area contributed by atoms with Crippen molar-refractivity contribution in [1.29, 1.82) is 0 Å². The molecule has 0 radical (unpaired) electrons. The van der Waals surface area contributed by atoms with Crippen molar-refractivity contribution in [2.24, 2.45) is 0 Å². The summed E-state index contributed by atoms with van der Waals surface area (Å²) in [4.78, 5) is 34.1. The van der Waals surface area contributed by atoms with Crippen LogP contribution in [-0.2, 0) is 11.0 Å². The van der Waals surface area contributed by atoms with Crippen molar-refractivity contribution in [2.75, 3.05) is 42.9 Å². The van der Waals surface area contributed by atoms with Crippen molar-refractivity contribution < 1.29 is 18.0 Å². The summed E-state index contributed by atoms with van der Waals surface area (Å²) >= 11 is 0. The number of aromatic amines is 1. The number of anilines is 2. The first kappa shape index (κ1) is 20.7. The normalized spacial score (nSPS) is 14.7. The third kappa shape index (κ3) is 4.79. The number of hydrogen-bond acceptors (Lipinski definition) is 5. The number of alkyl halides is 3. The van der Waals surface area contributed by atoms with E-state index in [0.29, 0.717) is 32.0 Å². The topological polar surface area (TPSA) is 81.3 Å². The summed E-state index contributed by atoms with van der Waals surface area (Å²) in [7, 11) is 0. The van der Waals surface area contributed by atoms with Crippen molar-refractivity contribution in [1.82, 2.24) is 14.9 Å². The summed E-state index contributed by atoms with van der Waals surface area (Å²) in [5.74, 6) is 0.397. The molecule has 10 heteroatoms. The van der Waals surface area contributed by atoms with Crippen LogP contribution in [0, 0.1) is 0 Å². The smallest absolute Gasteiger partial charge is 0.376 e. The van der Waals surface area contributed by atoms with Gasteiger partial charge in [0.15, 0.2) is 0 Å². The quantitative estimate of drug-likeness (QED) is 0.664. The van der Waals surface area contributed by atoms with Crippen LogP contribution >= 0.6 is 0 Å². The first-order chi connectivity index (χ1) is 14.8. The van der Waals surface area contributed by atoms with E-state index in [0.717, 1.165) is 28.9 Å². The Morgan fingerprint density at radius 1 is 1.06 bits per heavy atom. The van der Waals surface area contributed by atoms with Crippen LogP contribution in [0.2, 0.25) is 0 Å². The molecule has 0 spiro atoms. The van der Waals surface area contributed by atoms with Gasteiger partial charge in [-0.2, -0.15) is 13.2 Å². The molecular formula is C21H20F3N5O2. The van der Waals surface area contributed by atoms with E-state index in [9.17, 15) is 22.8 Å². The molecule has 1 saturated heterocycles. The Balaban J connectivity index is 1.30. The van der Waals surface area contributed by atoms with Gasteiger partial charge in [0.25, 0.3) is 0 Å². The second kappa shape index (κ2) is 8.29.